The predicted octanol–water partition coefficient (Wildman–Crippen LogP) is 3.59. The SMILES string of the molecule is COCc1ccc2c(c1)CCN(C(=O)c1cc(O)no1)[C@H]2C(=O)Nc1ccc([Si](C)(C)C)c(F)c1. The van der Waals surface area contributed by atoms with Crippen LogP contribution in [0.1, 0.15) is 33.3 Å². The maximum atomic E-state index is 14.8. The number of aromatic nitrogens is 1. The van der Waals surface area contributed by atoms with E-state index in [1.54, 1.807) is 25.3 Å². The second kappa shape index (κ2) is 9.63. The quantitative estimate of drug-likeness (QED) is 0.505. The zero-order valence-corrected chi connectivity index (χ0v) is 21.1. The van der Waals surface area contributed by atoms with Crippen LogP contribution in [0.4, 0.5) is 10.1 Å². The third kappa shape index (κ3) is 5.13. The molecule has 1 aliphatic heterocycles. The zero-order valence-electron chi connectivity index (χ0n) is 20.1. The molecule has 2 aromatic carbocycles. The molecule has 35 heavy (non-hydrogen) atoms. The van der Waals surface area contributed by atoms with E-state index in [4.69, 9.17) is 9.26 Å². The maximum Gasteiger partial charge on any atom is 0.293 e. The molecule has 0 bridgehead atoms. The van der Waals surface area contributed by atoms with Gasteiger partial charge in [-0.3, -0.25) is 9.59 Å². The molecule has 0 aliphatic carbocycles. The number of hydrogen-bond donors (Lipinski definition) is 2. The first-order valence-corrected chi connectivity index (χ1v) is 14.8. The number of ether oxygens (including phenoxy) is 1. The van der Waals surface area contributed by atoms with Gasteiger partial charge in [-0.25, -0.2) is 4.39 Å². The molecule has 4 rings (SSSR count). The molecule has 0 fully saturated rings. The van der Waals surface area contributed by atoms with Crippen LogP contribution in [-0.2, 0) is 22.6 Å². The van der Waals surface area contributed by atoms with Crippen LogP contribution in [0.15, 0.2) is 47.0 Å². The van der Waals surface area contributed by atoms with Gasteiger partial charge in [0.25, 0.3) is 17.7 Å². The summed E-state index contributed by atoms with van der Waals surface area (Å²) in [6.07, 6.45) is 0.516. The number of methoxy groups -OCH3 is 1. The number of benzene rings is 2. The Morgan fingerprint density at radius 2 is 2.00 bits per heavy atom. The van der Waals surface area contributed by atoms with Crippen molar-refractivity contribution in [2.75, 3.05) is 19.0 Å². The maximum absolute atomic E-state index is 14.8. The van der Waals surface area contributed by atoms with Crippen molar-refractivity contribution in [1.29, 1.82) is 0 Å². The van der Waals surface area contributed by atoms with Crippen molar-refractivity contribution in [1.82, 2.24) is 10.1 Å². The summed E-state index contributed by atoms with van der Waals surface area (Å²) in [7, 11) is -0.275. The minimum absolute atomic E-state index is 0.176. The van der Waals surface area contributed by atoms with Gasteiger partial charge < -0.3 is 24.6 Å². The first-order valence-electron chi connectivity index (χ1n) is 11.3. The van der Waals surface area contributed by atoms with Crippen molar-refractivity contribution in [3.05, 3.63) is 70.7 Å². The number of amides is 2. The molecule has 0 spiro atoms. The van der Waals surface area contributed by atoms with E-state index in [-0.39, 0.29) is 18.1 Å². The van der Waals surface area contributed by atoms with E-state index < -0.39 is 31.8 Å². The number of carbonyl (C=O) groups is 2. The molecule has 3 aromatic rings. The summed E-state index contributed by atoms with van der Waals surface area (Å²) in [5.74, 6) is -2.02. The molecule has 0 radical (unpaired) electrons. The molecule has 1 aliphatic rings. The summed E-state index contributed by atoms with van der Waals surface area (Å²) in [6.45, 7) is 6.80. The van der Waals surface area contributed by atoms with Crippen LogP contribution in [0.2, 0.25) is 19.6 Å². The first kappa shape index (κ1) is 24.6. The first-order chi connectivity index (χ1) is 16.6. The van der Waals surface area contributed by atoms with Gasteiger partial charge in [-0.1, -0.05) is 43.9 Å². The van der Waals surface area contributed by atoms with Gasteiger partial charge in [0.1, 0.15) is 11.9 Å². The highest BCUT2D eigenvalue weighted by molar-refractivity contribution is 6.88. The van der Waals surface area contributed by atoms with Gasteiger partial charge in [0.15, 0.2) is 0 Å². The van der Waals surface area contributed by atoms with Gasteiger partial charge >= 0.3 is 0 Å². The van der Waals surface area contributed by atoms with Gasteiger partial charge in [-0.15, -0.1) is 0 Å². The molecule has 0 saturated heterocycles. The summed E-state index contributed by atoms with van der Waals surface area (Å²) < 4.78 is 24.9. The molecule has 8 nitrogen and oxygen atoms in total. The molecule has 2 amide bonds. The van der Waals surface area contributed by atoms with Gasteiger partial charge in [0.2, 0.25) is 5.76 Å². The predicted molar refractivity (Wildman–Crippen MR) is 131 cm³/mol. The Balaban J connectivity index is 1.69. The average Bonchev–Trinajstić information content (AvgIpc) is 3.23. The topological polar surface area (TPSA) is 105 Å². The molecule has 0 saturated carbocycles. The van der Waals surface area contributed by atoms with Crippen LogP contribution in [0.3, 0.4) is 0 Å². The third-order valence-electron chi connectivity index (χ3n) is 6.01. The Morgan fingerprint density at radius 1 is 1.23 bits per heavy atom. The van der Waals surface area contributed by atoms with Crippen molar-refractivity contribution in [2.45, 2.75) is 38.7 Å². The molecule has 2 heterocycles. The van der Waals surface area contributed by atoms with Crippen LogP contribution in [0, 0.1) is 5.82 Å². The smallest absolute Gasteiger partial charge is 0.293 e. The molecule has 0 unspecified atom stereocenters. The van der Waals surface area contributed by atoms with Gasteiger partial charge in [-0.2, -0.15) is 0 Å². The minimum Gasteiger partial charge on any atom is -0.491 e. The lowest BCUT2D eigenvalue weighted by atomic mass is 9.90. The van der Waals surface area contributed by atoms with Crippen LogP contribution < -0.4 is 10.5 Å². The summed E-state index contributed by atoms with van der Waals surface area (Å²) in [5, 5.41) is 16.3. The summed E-state index contributed by atoms with van der Waals surface area (Å²) in [6, 6.07) is 10.4. The standard InChI is InChI=1S/C25H28FN3O5Si/c1-33-14-15-5-7-18-16(11-15)9-10-29(25(32)20-13-22(30)28-34-20)23(18)24(31)27-17-6-8-21(19(26)12-17)35(2,3)4/h5-8,11-13,23H,9-10,14H2,1-4H3,(H,27,31)(H,28,30)/t23-/m1/s1. The molecule has 1 atom stereocenters. The van der Waals surface area contributed by atoms with Crippen LogP contribution in [0.5, 0.6) is 5.88 Å². The Labute approximate surface area is 203 Å². The lowest BCUT2D eigenvalue weighted by molar-refractivity contribution is -0.121. The van der Waals surface area contributed by atoms with Gasteiger partial charge in [0, 0.05) is 19.3 Å². The summed E-state index contributed by atoms with van der Waals surface area (Å²) >= 11 is 0. The second-order valence-corrected chi connectivity index (χ2v) is 14.6. The van der Waals surface area contributed by atoms with E-state index in [1.165, 1.54) is 11.0 Å². The number of nitrogens with one attached hydrogen (secondary N) is 1. The molecule has 10 heteroatoms. The summed E-state index contributed by atoms with van der Waals surface area (Å²) in [4.78, 5) is 28.1. The van der Waals surface area contributed by atoms with E-state index in [1.807, 2.05) is 31.8 Å². The highest BCUT2D eigenvalue weighted by atomic mass is 28.3. The Hall–Kier alpha value is -3.50. The number of aromatic hydroxyl groups is 1. The van der Waals surface area contributed by atoms with Gasteiger partial charge in [-0.05, 0) is 45.6 Å². The fraction of sp³-hybridized carbons (Fsp3) is 0.320. The Bertz CT molecular complexity index is 1270. The van der Waals surface area contributed by atoms with Gasteiger partial charge in [0.05, 0.1) is 20.7 Å². The fourth-order valence-corrected chi connectivity index (χ4v) is 5.73. The highest BCUT2D eigenvalue weighted by Gasteiger charge is 2.38. The van der Waals surface area contributed by atoms with Crippen LogP contribution in [0.25, 0.3) is 0 Å². The normalized spacial score (nSPS) is 15.6. The van der Waals surface area contributed by atoms with E-state index in [0.717, 1.165) is 17.2 Å². The lowest BCUT2D eigenvalue weighted by Crippen LogP contribution is -2.45. The number of halogens is 1. The number of anilines is 1. The van der Waals surface area contributed by atoms with Crippen molar-refractivity contribution < 1.29 is 28.3 Å². The fourth-order valence-electron chi connectivity index (χ4n) is 4.36. The van der Waals surface area contributed by atoms with Crippen LogP contribution in [-0.4, -0.2) is 48.7 Å². The molecular formula is C25H28FN3O5Si. The van der Waals surface area contributed by atoms with Crippen molar-refractivity contribution >= 4 is 30.8 Å². The molecular weight excluding hydrogens is 469 g/mol. The number of nitrogens with zero attached hydrogens (tertiary/aromatic N) is 2. The van der Waals surface area contributed by atoms with Crippen molar-refractivity contribution in [3.8, 4) is 5.88 Å². The number of fused-ring (bicyclic) bond motifs is 1. The monoisotopic (exact) mass is 497 g/mol. The summed E-state index contributed by atoms with van der Waals surface area (Å²) in [5.41, 5.74) is 2.84. The Kier molecular flexibility index (Phi) is 6.77. The third-order valence-corrected chi connectivity index (χ3v) is 8.03. The Morgan fingerprint density at radius 3 is 2.63 bits per heavy atom. The van der Waals surface area contributed by atoms with Crippen LogP contribution >= 0.6 is 0 Å². The molecule has 184 valence electrons. The van der Waals surface area contributed by atoms with Crippen molar-refractivity contribution in [3.63, 3.8) is 0 Å². The second-order valence-electron chi connectivity index (χ2n) is 9.60. The minimum atomic E-state index is -1.88. The average molecular weight is 498 g/mol. The largest absolute Gasteiger partial charge is 0.491 e. The number of hydrogen-bond acceptors (Lipinski definition) is 6. The number of carbonyl (C=O) groups excluding carboxylic acids is 2. The molecule has 2 N–H and O–H groups in total. The van der Waals surface area contributed by atoms with E-state index >= 15 is 0 Å². The van der Waals surface area contributed by atoms with E-state index in [9.17, 15) is 19.1 Å². The highest BCUT2D eigenvalue weighted by Crippen LogP contribution is 2.33. The molecule has 1 aromatic heterocycles. The van der Waals surface area contributed by atoms with E-state index in [2.05, 4.69) is 10.5 Å². The zero-order chi connectivity index (χ0) is 25.3. The number of rotatable bonds is 6. The van der Waals surface area contributed by atoms with E-state index in [0.29, 0.717) is 29.5 Å². The lowest BCUT2D eigenvalue weighted by Gasteiger charge is -2.36. The van der Waals surface area contributed by atoms with Crippen molar-refractivity contribution in [2.24, 2.45) is 0 Å².